The van der Waals surface area contributed by atoms with Gasteiger partial charge in [-0.3, -0.25) is 0 Å². The number of halogens is 3. The maximum absolute atomic E-state index is 14.4. The summed E-state index contributed by atoms with van der Waals surface area (Å²) in [5.41, 5.74) is 3.67. The minimum Gasteiger partial charge on any atom is -0.306 e. The van der Waals surface area contributed by atoms with Gasteiger partial charge >= 0.3 is 0 Å². The lowest BCUT2D eigenvalue weighted by atomic mass is 10.1. The van der Waals surface area contributed by atoms with E-state index in [1.165, 1.54) is 6.07 Å². The van der Waals surface area contributed by atoms with Crippen LogP contribution < -0.4 is 0 Å². The van der Waals surface area contributed by atoms with Crippen molar-refractivity contribution in [3.63, 3.8) is 0 Å². The standard InChI is InChI=1S/C20H14F3N/c1-11-3-6-16-13(9-11)14-10-12(2)4-7-17(14)24(16)18-8-5-15(21)19(22)20(18)23/h3-10H,1-2H3. The average molecular weight is 325 g/mol. The Morgan fingerprint density at radius 2 is 1.21 bits per heavy atom. The fraction of sp³-hybridized carbons (Fsp3) is 0.100. The molecular formula is C20H14F3N. The first kappa shape index (κ1) is 14.8. The molecule has 24 heavy (non-hydrogen) atoms. The molecule has 1 nitrogen and oxygen atoms in total. The van der Waals surface area contributed by atoms with E-state index in [0.717, 1.165) is 39.0 Å². The number of aryl methyl sites for hydroxylation is 2. The molecule has 0 bridgehead atoms. The van der Waals surface area contributed by atoms with E-state index in [4.69, 9.17) is 0 Å². The molecule has 1 heterocycles. The van der Waals surface area contributed by atoms with Crippen molar-refractivity contribution in [2.45, 2.75) is 13.8 Å². The molecule has 0 radical (unpaired) electrons. The summed E-state index contributed by atoms with van der Waals surface area (Å²) in [6, 6.07) is 13.9. The minimum absolute atomic E-state index is 0.00149. The highest BCUT2D eigenvalue weighted by Crippen LogP contribution is 2.34. The fourth-order valence-electron chi connectivity index (χ4n) is 3.20. The van der Waals surface area contributed by atoms with Crippen LogP contribution in [0.5, 0.6) is 0 Å². The van der Waals surface area contributed by atoms with Crippen LogP contribution in [0.2, 0.25) is 0 Å². The van der Waals surface area contributed by atoms with Crippen molar-refractivity contribution in [3.8, 4) is 5.69 Å². The lowest BCUT2D eigenvalue weighted by Crippen LogP contribution is -2.02. The number of fused-ring (bicyclic) bond motifs is 3. The van der Waals surface area contributed by atoms with Crippen LogP contribution in [0.25, 0.3) is 27.5 Å². The number of hydrogen-bond acceptors (Lipinski definition) is 0. The van der Waals surface area contributed by atoms with Crippen LogP contribution in [0, 0.1) is 31.3 Å². The van der Waals surface area contributed by atoms with E-state index < -0.39 is 17.5 Å². The number of benzene rings is 3. The van der Waals surface area contributed by atoms with Crippen molar-refractivity contribution < 1.29 is 13.2 Å². The van der Waals surface area contributed by atoms with Gasteiger partial charge in [0.15, 0.2) is 17.5 Å². The van der Waals surface area contributed by atoms with Gasteiger partial charge in [0, 0.05) is 10.8 Å². The number of rotatable bonds is 1. The van der Waals surface area contributed by atoms with Crippen molar-refractivity contribution in [2.75, 3.05) is 0 Å². The minimum atomic E-state index is -1.46. The predicted octanol–water partition coefficient (Wildman–Crippen LogP) is 5.82. The van der Waals surface area contributed by atoms with Crippen LogP contribution in [0.4, 0.5) is 13.2 Å². The molecule has 0 saturated carbocycles. The van der Waals surface area contributed by atoms with E-state index in [0.29, 0.717) is 0 Å². The molecule has 0 saturated heterocycles. The molecule has 0 N–H and O–H groups in total. The van der Waals surface area contributed by atoms with Gasteiger partial charge in [-0.25, -0.2) is 13.2 Å². The second-order valence-electron chi connectivity index (χ2n) is 6.07. The van der Waals surface area contributed by atoms with Crippen molar-refractivity contribution in [2.24, 2.45) is 0 Å². The summed E-state index contributed by atoms with van der Waals surface area (Å²) in [6.07, 6.45) is 0. The molecule has 4 aromatic rings. The number of nitrogens with zero attached hydrogens (tertiary/aromatic N) is 1. The quantitative estimate of drug-likeness (QED) is 0.389. The predicted molar refractivity (Wildman–Crippen MR) is 90.1 cm³/mol. The van der Waals surface area contributed by atoms with Crippen molar-refractivity contribution in [1.82, 2.24) is 4.57 Å². The molecule has 120 valence electrons. The van der Waals surface area contributed by atoms with Crippen molar-refractivity contribution in [1.29, 1.82) is 0 Å². The molecule has 3 aromatic carbocycles. The largest absolute Gasteiger partial charge is 0.306 e. The van der Waals surface area contributed by atoms with Gasteiger partial charge in [0.1, 0.15) is 0 Å². The molecule has 0 amide bonds. The molecule has 0 spiro atoms. The molecule has 0 fully saturated rings. The first-order valence-corrected chi connectivity index (χ1v) is 7.62. The Kier molecular flexibility index (Phi) is 3.17. The molecule has 4 heteroatoms. The Balaban J connectivity index is 2.20. The summed E-state index contributed by atoms with van der Waals surface area (Å²) in [5, 5.41) is 1.91. The Hall–Kier alpha value is -2.75. The second-order valence-corrected chi connectivity index (χ2v) is 6.07. The molecule has 4 rings (SSSR count). The molecule has 1 aromatic heterocycles. The zero-order chi connectivity index (χ0) is 17.0. The summed E-state index contributed by atoms with van der Waals surface area (Å²) >= 11 is 0. The smallest absolute Gasteiger partial charge is 0.196 e. The molecular weight excluding hydrogens is 311 g/mol. The Morgan fingerprint density at radius 1 is 0.667 bits per heavy atom. The highest BCUT2D eigenvalue weighted by Gasteiger charge is 2.19. The van der Waals surface area contributed by atoms with Crippen molar-refractivity contribution in [3.05, 3.63) is 77.1 Å². The van der Waals surface area contributed by atoms with Crippen LogP contribution in [-0.2, 0) is 0 Å². The highest BCUT2D eigenvalue weighted by atomic mass is 19.2. The summed E-state index contributed by atoms with van der Waals surface area (Å²) in [5.74, 6) is -3.83. The summed E-state index contributed by atoms with van der Waals surface area (Å²) in [4.78, 5) is 0. The van der Waals surface area contributed by atoms with Crippen LogP contribution in [-0.4, -0.2) is 4.57 Å². The molecule has 0 aliphatic heterocycles. The lowest BCUT2D eigenvalue weighted by Gasteiger charge is -2.10. The summed E-state index contributed by atoms with van der Waals surface area (Å²) < 4.78 is 43.1. The number of hydrogen-bond donors (Lipinski definition) is 0. The first-order chi connectivity index (χ1) is 11.5. The van der Waals surface area contributed by atoms with Crippen molar-refractivity contribution >= 4 is 21.8 Å². The summed E-state index contributed by atoms with van der Waals surface area (Å²) in [6.45, 7) is 3.97. The third-order valence-corrected chi connectivity index (χ3v) is 4.33. The topological polar surface area (TPSA) is 4.93 Å². The number of aromatic nitrogens is 1. The van der Waals surface area contributed by atoms with E-state index >= 15 is 0 Å². The van der Waals surface area contributed by atoms with Crippen LogP contribution >= 0.6 is 0 Å². The Labute approximate surface area is 136 Å². The third-order valence-electron chi connectivity index (χ3n) is 4.33. The monoisotopic (exact) mass is 325 g/mol. The maximum atomic E-state index is 14.4. The van der Waals surface area contributed by atoms with E-state index in [-0.39, 0.29) is 5.69 Å². The zero-order valence-corrected chi connectivity index (χ0v) is 13.2. The van der Waals surface area contributed by atoms with Crippen LogP contribution in [0.1, 0.15) is 11.1 Å². The normalized spacial score (nSPS) is 11.5. The van der Waals surface area contributed by atoms with Gasteiger partial charge in [0.25, 0.3) is 0 Å². The molecule has 0 unspecified atom stereocenters. The molecule has 0 aliphatic carbocycles. The molecule has 0 atom stereocenters. The van der Waals surface area contributed by atoms with Crippen LogP contribution in [0.15, 0.2) is 48.5 Å². The van der Waals surface area contributed by atoms with E-state index in [9.17, 15) is 13.2 Å². The lowest BCUT2D eigenvalue weighted by molar-refractivity contribution is 0.445. The van der Waals surface area contributed by atoms with E-state index in [1.807, 2.05) is 50.2 Å². The van der Waals surface area contributed by atoms with Gasteiger partial charge in [-0.2, -0.15) is 0 Å². The van der Waals surface area contributed by atoms with Gasteiger partial charge in [0.2, 0.25) is 0 Å². The van der Waals surface area contributed by atoms with E-state index in [1.54, 1.807) is 4.57 Å². The Bertz CT molecular complexity index is 1050. The fourth-order valence-corrected chi connectivity index (χ4v) is 3.20. The summed E-state index contributed by atoms with van der Waals surface area (Å²) in [7, 11) is 0. The van der Waals surface area contributed by atoms with Crippen LogP contribution in [0.3, 0.4) is 0 Å². The van der Waals surface area contributed by atoms with Gasteiger partial charge in [-0.15, -0.1) is 0 Å². The van der Waals surface area contributed by atoms with Gasteiger partial charge in [-0.05, 0) is 50.2 Å². The SMILES string of the molecule is Cc1ccc2c(c1)c1cc(C)ccc1n2-c1ccc(F)c(F)c1F. The van der Waals surface area contributed by atoms with Gasteiger partial charge < -0.3 is 4.57 Å². The Morgan fingerprint density at radius 3 is 1.75 bits per heavy atom. The van der Waals surface area contributed by atoms with E-state index in [2.05, 4.69) is 0 Å². The highest BCUT2D eigenvalue weighted by molar-refractivity contribution is 6.09. The zero-order valence-electron chi connectivity index (χ0n) is 13.2. The third kappa shape index (κ3) is 2.03. The maximum Gasteiger partial charge on any atom is 0.196 e. The first-order valence-electron chi connectivity index (χ1n) is 7.62. The second kappa shape index (κ2) is 5.13. The van der Waals surface area contributed by atoms with Gasteiger partial charge in [0.05, 0.1) is 16.7 Å². The average Bonchev–Trinajstić information content (AvgIpc) is 2.86. The van der Waals surface area contributed by atoms with Gasteiger partial charge in [-0.1, -0.05) is 23.3 Å². The molecule has 0 aliphatic rings.